The van der Waals surface area contributed by atoms with Gasteiger partial charge in [-0.3, -0.25) is 4.68 Å². The quantitative estimate of drug-likeness (QED) is 0.937. The van der Waals surface area contributed by atoms with Gasteiger partial charge in [0.05, 0.1) is 5.69 Å². The zero-order valence-corrected chi connectivity index (χ0v) is 13.9. The standard InChI is InChI=1S/C14H19N3O2S2/c1-10-14(9-17(2)16-10)21(18,19)15-8-12-7-11-5-3-4-6-13(11)20-12/h7,9,15H,3-6,8H2,1-2H3. The van der Waals surface area contributed by atoms with E-state index in [1.807, 2.05) is 0 Å². The fourth-order valence-corrected chi connectivity index (χ4v) is 5.24. The van der Waals surface area contributed by atoms with Gasteiger partial charge in [0.25, 0.3) is 0 Å². The number of hydrogen-bond acceptors (Lipinski definition) is 4. The van der Waals surface area contributed by atoms with E-state index in [1.165, 1.54) is 34.2 Å². The van der Waals surface area contributed by atoms with Crippen molar-refractivity contribution in [3.63, 3.8) is 0 Å². The van der Waals surface area contributed by atoms with Crippen LogP contribution < -0.4 is 4.72 Å². The molecule has 2 aromatic heterocycles. The Bertz CT molecular complexity index is 736. The minimum absolute atomic E-state index is 0.256. The van der Waals surface area contributed by atoms with Gasteiger partial charge in [-0.05, 0) is 44.2 Å². The van der Waals surface area contributed by atoms with Gasteiger partial charge in [0, 0.05) is 29.5 Å². The molecule has 0 aliphatic heterocycles. The molecule has 0 amide bonds. The van der Waals surface area contributed by atoms with Crippen LogP contribution >= 0.6 is 11.3 Å². The molecule has 0 radical (unpaired) electrons. The van der Waals surface area contributed by atoms with E-state index in [-0.39, 0.29) is 4.90 Å². The van der Waals surface area contributed by atoms with Crippen LogP contribution in [-0.4, -0.2) is 18.2 Å². The first kappa shape index (κ1) is 14.7. The molecular weight excluding hydrogens is 306 g/mol. The van der Waals surface area contributed by atoms with Crippen LogP contribution in [0.5, 0.6) is 0 Å². The molecule has 0 aromatic carbocycles. The number of aryl methyl sites for hydroxylation is 4. The molecule has 0 fully saturated rings. The minimum Gasteiger partial charge on any atom is -0.274 e. The van der Waals surface area contributed by atoms with E-state index in [4.69, 9.17) is 0 Å². The molecule has 114 valence electrons. The monoisotopic (exact) mass is 325 g/mol. The maximum atomic E-state index is 12.3. The number of aromatic nitrogens is 2. The van der Waals surface area contributed by atoms with Gasteiger partial charge >= 0.3 is 0 Å². The van der Waals surface area contributed by atoms with E-state index in [1.54, 1.807) is 25.3 Å². The van der Waals surface area contributed by atoms with E-state index in [2.05, 4.69) is 15.9 Å². The Balaban J connectivity index is 1.75. The van der Waals surface area contributed by atoms with Crippen molar-refractivity contribution in [3.8, 4) is 0 Å². The van der Waals surface area contributed by atoms with Crippen LogP contribution in [0.4, 0.5) is 0 Å². The van der Waals surface area contributed by atoms with Crippen molar-refractivity contribution in [3.05, 3.63) is 33.3 Å². The first-order valence-corrected chi connectivity index (χ1v) is 9.36. The topological polar surface area (TPSA) is 64.0 Å². The van der Waals surface area contributed by atoms with E-state index in [0.717, 1.165) is 17.7 Å². The van der Waals surface area contributed by atoms with Gasteiger partial charge in [0.2, 0.25) is 10.0 Å². The third kappa shape index (κ3) is 3.04. The second-order valence-electron chi connectivity index (χ2n) is 5.45. The molecule has 2 aromatic rings. The van der Waals surface area contributed by atoms with Gasteiger partial charge in [0.15, 0.2) is 0 Å². The highest BCUT2D eigenvalue weighted by Gasteiger charge is 2.20. The van der Waals surface area contributed by atoms with Crippen LogP contribution in [0.25, 0.3) is 0 Å². The summed E-state index contributed by atoms with van der Waals surface area (Å²) in [6, 6.07) is 2.15. The lowest BCUT2D eigenvalue weighted by atomic mass is 9.99. The van der Waals surface area contributed by atoms with Gasteiger partial charge < -0.3 is 0 Å². The third-order valence-corrected chi connectivity index (χ3v) is 6.48. The van der Waals surface area contributed by atoms with Crippen LogP contribution in [-0.2, 0) is 36.5 Å². The Hall–Kier alpha value is -1.18. The molecule has 0 spiro atoms. The average molecular weight is 325 g/mol. The molecule has 2 heterocycles. The number of rotatable bonds is 4. The van der Waals surface area contributed by atoms with Crippen LogP contribution in [0.15, 0.2) is 17.2 Å². The molecule has 5 nitrogen and oxygen atoms in total. The van der Waals surface area contributed by atoms with Crippen molar-refractivity contribution >= 4 is 21.4 Å². The number of nitrogens with zero attached hydrogens (tertiary/aromatic N) is 2. The number of sulfonamides is 1. The van der Waals surface area contributed by atoms with Crippen molar-refractivity contribution in [2.45, 2.75) is 44.0 Å². The first-order valence-electron chi connectivity index (χ1n) is 7.06. The Labute approximate surface area is 129 Å². The molecule has 3 rings (SSSR count). The Morgan fingerprint density at radius 1 is 1.38 bits per heavy atom. The minimum atomic E-state index is -3.50. The summed E-state index contributed by atoms with van der Waals surface area (Å²) < 4.78 is 28.9. The number of nitrogens with one attached hydrogen (secondary N) is 1. The highest BCUT2D eigenvalue weighted by atomic mass is 32.2. The highest BCUT2D eigenvalue weighted by molar-refractivity contribution is 7.89. The zero-order chi connectivity index (χ0) is 15.0. The summed E-state index contributed by atoms with van der Waals surface area (Å²) in [6.07, 6.45) is 6.28. The molecule has 0 bridgehead atoms. The third-order valence-electron chi connectivity index (χ3n) is 3.74. The van der Waals surface area contributed by atoms with Crippen LogP contribution in [0.1, 0.15) is 33.9 Å². The summed E-state index contributed by atoms with van der Waals surface area (Å²) in [5.41, 5.74) is 1.92. The van der Waals surface area contributed by atoms with Crippen molar-refractivity contribution in [1.29, 1.82) is 0 Å². The zero-order valence-electron chi connectivity index (χ0n) is 12.2. The van der Waals surface area contributed by atoms with Crippen LogP contribution in [0, 0.1) is 6.92 Å². The predicted molar refractivity (Wildman–Crippen MR) is 82.9 cm³/mol. The summed E-state index contributed by atoms with van der Waals surface area (Å²) in [6.45, 7) is 2.06. The van der Waals surface area contributed by atoms with Gasteiger partial charge in [-0.15, -0.1) is 11.3 Å². The molecular formula is C14H19N3O2S2. The molecule has 0 saturated carbocycles. The van der Waals surface area contributed by atoms with Crippen molar-refractivity contribution in [2.75, 3.05) is 0 Å². The Morgan fingerprint density at radius 3 is 2.81 bits per heavy atom. The van der Waals surface area contributed by atoms with Gasteiger partial charge in [-0.1, -0.05) is 0 Å². The first-order chi connectivity index (χ1) is 9.95. The predicted octanol–water partition coefficient (Wildman–Crippen LogP) is 2.15. The molecule has 1 aliphatic carbocycles. The molecule has 0 saturated heterocycles. The summed E-state index contributed by atoms with van der Waals surface area (Å²) in [7, 11) is -1.77. The average Bonchev–Trinajstić information content (AvgIpc) is 2.99. The normalized spacial score (nSPS) is 15.1. The van der Waals surface area contributed by atoms with Crippen molar-refractivity contribution in [1.82, 2.24) is 14.5 Å². The van der Waals surface area contributed by atoms with E-state index in [9.17, 15) is 8.42 Å². The highest BCUT2D eigenvalue weighted by Crippen LogP contribution is 2.29. The summed E-state index contributed by atoms with van der Waals surface area (Å²) in [5.74, 6) is 0. The van der Waals surface area contributed by atoms with E-state index >= 15 is 0 Å². The summed E-state index contributed by atoms with van der Waals surface area (Å²) in [4.78, 5) is 2.77. The maximum Gasteiger partial charge on any atom is 0.244 e. The largest absolute Gasteiger partial charge is 0.274 e. The van der Waals surface area contributed by atoms with Crippen molar-refractivity contribution in [2.24, 2.45) is 7.05 Å². The van der Waals surface area contributed by atoms with Gasteiger partial charge in [-0.25, -0.2) is 13.1 Å². The molecule has 1 N–H and O–H groups in total. The van der Waals surface area contributed by atoms with Gasteiger partial charge in [-0.2, -0.15) is 5.10 Å². The number of fused-ring (bicyclic) bond motifs is 1. The Kier molecular flexibility index (Phi) is 3.90. The fraction of sp³-hybridized carbons (Fsp3) is 0.500. The Morgan fingerprint density at radius 2 is 2.14 bits per heavy atom. The van der Waals surface area contributed by atoms with Crippen LogP contribution in [0.3, 0.4) is 0 Å². The van der Waals surface area contributed by atoms with Crippen LogP contribution in [0.2, 0.25) is 0 Å². The SMILES string of the molecule is Cc1nn(C)cc1S(=O)(=O)NCc1cc2c(s1)CCCC2. The molecule has 7 heteroatoms. The fourth-order valence-electron chi connectivity index (χ4n) is 2.72. The summed E-state index contributed by atoms with van der Waals surface area (Å²) in [5, 5.41) is 4.09. The second kappa shape index (κ2) is 5.55. The molecule has 0 atom stereocenters. The van der Waals surface area contributed by atoms with Crippen molar-refractivity contribution < 1.29 is 8.42 Å². The van der Waals surface area contributed by atoms with Gasteiger partial charge in [0.1, 0.15) is 4.90 Å². The number of hydrogen-bond donors (Lipinski definition) is 1. The molecule has 21 heavy (non-hydrogen) atoms. The lowest BCUT2D eigenvalue weighted by Gasteiger charge is -2.08. The lowest BCUT2D eigenvalue weighted by Crippen LogP contribution is -2.23. The smallest absolute Gasteiger partial charge is 0.244 e. The molecule has 0 unspecified atom stereocenters. The van der Waals surface area contributed by atoms with E-state index in [0.29, 0.717) is 12.2 Å². The summed E-state index contributed by atoms with van der Waals surface area (Å²) >= 11 is 1.73. The lowest BCUT2D eigenvalue weighted by molar-refractivity contribution is 0.581. The van der Waals surface area contributed by atoms with E-state index < -0.39 is 10.0 Å². The number of thiophene rings is 1. The maximum absolute atomic E-state index is 12.3. The second-order valence-corrected chi connectivity index (χ2v) is 8.40. The molecule has 1 aliphatic rings.